The average molecular weight is 263 g/mol. The third kappa shape index (κ3) is 2.75. The molecule has 0 aliphatic carbocycles. The molecule has 0 aliphatic heterocycles. The quantitative estimate of drug-likeness (QED) is 0.750. The number of rotatable bonds is 4. The highest BCUT2D eigenvalue weighted by Crippen LogP contribution is 2.20. The highest BCUT2D eigenvalue weighted by Gasteiger charge is 1.98. The molecule has 3 aromatic carbocycles. The van der Waals surface area contributed by atoms with Gasteiger partial charge in [-0.05, 0) is 40.6 Å². The van der Waals surface area contributed by atoms with Crippen molar-refractivity contribution in [1.29, 1.82) is 0 Å². The Labute approximate surface area is 119 Å². The second-order valence-electron chi connectivity index (χ2n) is 4.77. The fourth-order valence-corrected chi connectivity index (χ4v) is 2.29. The summed E-state index contributed by atoms with van der Waals surface area (Å²) in [5.74, 6) is 0.891. The molecule has 0 bridgehead atoms. The molecule has 100 valence electrons. The first-order chi connectivity index (χ1) is 9.85. The molecule has 3 aromatic rings. The van der Waals surface area contributed by atoms with E-state index in [1.807, 2.05) is 18.2 Å². The van der Waals surface area contributed by atoms with Gasteiger partial charge in [0, 0.05) is 12.2 Å². The predicted molar refractivity (Wildman–Crippen MR) is 84.3 cm³/mol. The summed E-state index contributed by atoms with van der Waals surface area (Å²) in [6.45, 7) is 0.787. The number of benzene rings is 3. The maximum atomic E-state index is 5.24. The molecule has 0 atom stereocenters. The third-order valence-corrected chi connectivity index (χ3v) is 3.38. The van der Waals surface area contributed by atoms with Gasteiger partial charge in [-0.25, -0.2) is 0 Å². The van der Waals surface area contributed by atoms with Crippen molar-refractivity contribution < 1.29 is 4.74 Å². The van der Waals surface area contributed by atoms with Crippen molar-refractivity contribution in [2.75, 3.05) is 12.4 Å². The van der Waals surface area contributed by atoms with Crippen molar-refractivity contribution in [3.63, 3.8) is 0 Å². The van der Waals surface area contributed by atoms with Crippen molar-refractivity contribution >= 4 is 16.5 Å². The van der Waals surface area contributed by atoms with Crippen LogP contribution in [0.5, 0.6) is 5.75 Å². The van der Waals surface area contributed by atoms with E-state index < -0.39 is 0 Å². The third-order valence-electron chi connectivity index (χ3n) is 3.38. The van der Waals surface area contributed by atoms with Crippen molar-refractivity contribution in [3.8, 4) is 5.75 Å². The van der Waals surface area contributed by atoms with Crippen LogP contribution in [-0.2, 0) is 6.54 Å². The number of nitrogens with one attached hydrogen (secondary N) is 1. The number of methoxy groups -OCH3 is 1. The molecule has 0 heterocycles. The summed E-state index contributed by atoms with van der Waals surface area (Å²) >= 11 is 0. The van der Waals surface area contributed by atoms with Crippen LogP contribution in [0.25, 0.3) is 10.8 Å². The molecule has 0 radical (unpaired) electrons. The molecular weight excluding hydrogens is 246 g/mol. The smallest absolute Gasteiger partial charge is 0.119 e. The number of anilines is 1. The monoisotopic (exact) mass is 263 g/mol. The fraction of sp³-hybridized carbons (Fsp3) is 0.111. The molecule has 0 spiro atoms. The van der Waals surface area contributed by atoms with Gasteiger partial charge in [0.05, 0.1) is 7.11 Å². The minimum atomic E-state index is 0.787. The lowest BCUT2D eigenvalue weighted by atomic mass is 10.1. The van der Waals surface area contributed by atoms with Crippen LogP contribution < -0.4 is 10.1 Å². The van der Waals surface area contributed by atoms with Crippen LogP contribution >= 0.6 is 0 Å². The van der Waals surface area contributed by atoms with Gasteiger partial charge in [-0.1, -0.05) is 42.5 Å². The van der Waals surface area contributed by atoms with Crippen molar-refractivity contribution in [2.24, 2.45) is 0 Å². The van der Waals surface area contributed by atoms with Gasteiger partial charge in [0.25, 0.3) is 0 Å². The number of fused-ring (bicyclic) bond motifs is 1. The summed E-state index contributed by atoms with van der Waals surface area (Å²) < 4.78 is 5.24. The zero-order chi connectivity index (χ0) is 13.8. The van der Waals surface area contributed by atoms with E-state index in [0.717, 1.165) is 18.0 Å². The van der Waals surface area contributed by atoms with E-state index in [9.17, 15) is 0 Å². The van der Waals surface area contributed by atoms with Gasteiger partial charge in [0.15, 0.2) is 0 Å². The van der Waals surface area contributed by atoms with Crippen LogP contribution in [0, 0.1) is 0 Å². The van der Waals surface area contributed by atoms with Crippen LogP contribution in [0.1, 0.15) is 5.56 Å². The van der Waals surface area contributed by atoms with E-state index in [-0.39, 0.29) is 0 Å². The first kappa shape index (κ1) is 12.5. The highest BCUT2D eigenvalue weighted by atomic mass is 16.5. The first-order valence-corrected chi connectivity index (χ1v) is 6.71. The summed E-state index contributed by atoms with van der Waals surface area (Å²) in [5, 5.41) is 5.97. The van der Waals surface area contributed by atoms with Gasteiger partial charge in [0.2, 0.25) is 0 Å². The second kappa shape index (κ2) is 5.66. The second-order valence-corrected chi connectivity index (χ2v) is 4.77. The first-order valence-electron chi connectivity index (χ1n) is 6.71. The van der Waals surface area contributed by atoms with Gasteiger partial charge in [-0.3, -0.25) is 0 Å². The van der Waals surface area contributed by atoms with E-state index in [2.05, 4.69) is 53.8 Å². The number of hydrogen-bond donors (Lipinski definition) is 1. The molecule has 2 heteroatoms. The minimum absolute atomic E-state index is 0.787. The van der Waals surface area contributed by atoms with Crippen LogP contribution in [0.4, 0.5) is 5.69 Å². The Kier molecular flexibility index (Phi) is 3.55. The summed E-state index contributed by atoms with van der Waals surface area (Å²) in [5.41, 5.74) is 2.34. The van der Waals surface area contributed by atoms with Crippen LogP contribution in [0.2, 0.25) is 0 Å². The maximum Gasteiger partial charge on any atom is 0.119 e. The van der Waals surface area contributed by atoms with E-state index in [1.165, 1.54) is 16.3 Å². The largest absolute Gasteiger partial charge is 0.497 e. The Hall–Kier alpha value is -2.48. The van der Waals surface area contributed by atoms with Gasteiger partial charge >= 0.3 is 0 Å². The molecule has 0 amide bonds. The van der Waals surface area contributed by atoms with Gasteiger partial charge in [0.1, 0.15) is 5.75 Å². The molecule has 3 rings (SSSR count). The molecule has 0 aromatic heterocycles. The standard InChI is InChI=1S/C18H17NO/c1-20-18-8-4-5-14(11-18)13-19-17-10-9-15-6-2-3-7-16(15)12-17/h2-12,19H,13H2,1H3. The van der Waals surface area contributed by atoms with Crippen LogP contribution in [0.15, 0.2) is 66.7 Å². The molecule has 20 heavy (non-hydrogen) atoms. The molecule has 0 saturated heterocycles. The molecule has 0 saturated carbocycles. The molecule has 0 unspecified atom stereocenters. The molecule has 1 N–H and O–H groups in total. The lowest BCUT2D eigenvalue weighted by molar-refractivity contribution is 0.414. The fourth-order valence-electron chi connectivity index (χ4n) is 2.29. The Balaban J connectivity index is 1.76. The van der Waals surface area contributed by atoms with E-state index in [0.29, 0.717) is 0 Å². The van der Waals surface area contributed by atoms with Crippen molar-refractivity contribution in [2.45, 2.75) is 6.54 Å². The Bertz CT molecular complexity index is 721. The summed E-state index contributed by atoms with van der Waals surface area (Å²) in [4.78, 5) is 0. The van der Waals surface area contributed by atoms with Crippen molar-refractivity contribution in [3.05, 3.63) is 72.3 Å². The zero-order valence-corrected chi connectivity index (χ0v) is 11.5. The molecule has 0 aliphatic rings. The van der Waals surface area contributed by atoms with Gasteiger partial charge < -0.3 is 10.1 Å². The highest BCUT2D eigenvalue weighted by molar-refractivity contribution is 5.85. The SMILES string of the molecule is COc1cccc(CNc2ccc3ccccc3c2)c1. The summed E-state index contributed by atoms with van der Waals surface area (Å²) in [6, 6.07) is 22.9. The van der Waals surface area contributed by atoms with E-state index >= 15 is 0 Å². The normalized spacial score (nSPS) is 10.4. The lowest BCUT2D eigenvalue weighted by Crippen LogP contribution is -1.99. The molecule has 2 nitrogen and oxygen atoms in total. The predicted octanol–water partition coefficient (Wildman–Crippen LogP) is 4.46. The van der Waals surface area contributed by atoms with Crippen molar-refractivity contribution in [1.82, 2.24) is 0 Å². The maximum absolute atomic E-state index is 5.24. The van der Waals surface area contributed by atoms with Gasteiger partial charge in [-0.2, -0.15) is 0 Å². The Morgan fingerprint density at radius 3 is 2.55 bits per heavy atom. The average Bonchev–Trinajstić information content (AvgIpc) is 2.53. The summed E-state index contributed by atoms with van der Waals surface area (Å²) in [7, 11) is 1.69. The summed E-state index contributed by atoms with van der Waals surface area (Å²) in [6.07, 6.45) is 0. The number of ether oxygens (including phenoxy) is 1. The van der Waals surface area contributed by atoms with E-state index in [1.54, 1.807) is 7.11 Å². The number of hydrogen-bond acceptors (Lipinski definition) is 2. The zero-order valence-electron chi connectivity index (χ0n) is 11.5. The lowest BCUT2D eigenvalue weighted by Gasteiger charge is -2.09. The topological polar surface area (TPSA) is 21.3 Å². The minimum Gasteiger partial charge on any atom is -0.497 e. The van der Waals surface area contributed by atoms with E-state index in [4.69, 9.17) is 4.74 Å². The van der Waals surface area contributed by atoms with Crippen LogP contribution in [-0.4, -0.2) is 7.11 Å². The Morgan fingerprint density at radius 1 is 0.850 bits per heavy atom. The van der Waals surface area contributed by atoms with Gasteiger partial charge in [-0.15, -0.1) is 0 Å². The van der Waals surface area contributed by atoms with Crippen LogP contribution in [0.3, 0.4) is 0 Å². The Morgan fingerprint density at radius 2 is 1.70 bits per heavy atom. The molecular formula is C18H17NO. The molecule has 0 fully saturated rings.